The van der Waals surface area contributed by atoms with Crippen LogP contribution in [0.3, 0.4) is 0 Å². The average Bonchev–Trinajstić information content (AvgIpc) is 3.31. The van der Waals surface area contributed by atoms with E-state index in [1.807, 2.05) is 51.2 Å². The lowest BCUT2D eigenvalue weighted by Gasteiger charge is -2.13. The number of benzene rings is 1. The number of nitrogens with zero attached hydrogens (tertiary/aromatic N) is 5. The van der Waals surface area contributed by atoms with E-state index in [-0.39, 0.29) is 11.9 Å². The molecule has 30 heavy (non-hydrogen) atoms. The second-order valence-electron chi connectivity index (χ2n) is 7.44. The van der Waals surface area contributed by atoms with Gasteiger partial charge in [-0.3, -0.25) is 9.48 Å². The Hall–Kier alpha value is -3.19. The van der Waals surface area contributed by atoms with Crippen molar-refractivity contribution in [3.63, 3.8) is 0 Å². The molecular formula is C22H23ClN6O. The van der Waals surface area contributed by atoms with Crippen molar-refractivity contribution in [3.8, 4) is 11.3 Å². The molecule has 1 N–H and O–H groups in total. The summed E-state index contributed by atoms with van der Waals surface area (Å²) >= 11 is 5.93. The molecule has 7 nitrogen and oxygen atoms in total. The van der Waals surface area contributed by atoms with Crippen LogP contribution in [0.15, 0.2) is 48.8 Å². The van der Waals surface area contributed by atoms with Gasteiger partial charge < -0.3 is 5.32 Å². The van der Waals surface area contributed by atoms with E-state index in [2.05, 4.69) is 20.5 Å². The topological polar surface area (TPSA) is 77.1 Å². The first-order valence-corrected chi connectivity index (χ1v) is 10.2. The van der Waals surface area contributed by atoms with E-state index in [1.54, 1.807) is 27.7 Å². The smallest absolute Gasteiger partial charge is 0.272 e. The van der Waals surface area contributed by atoms with Gasteiger partial charge in [0.05, 0.1) is 11.9 Å². The zero-order valence-electron chi connectivity index (χ0n) is 17.1. The number of carbonyl (C=O) groups is 1. The summed E-state index contributed by atoms with van der Waals surface area (Å²) < 4.78 is 3.50. The van der Waals surface area contributed by atoms with Gasteiger partial charge in [-0.2, -0.15) is 10.2 Å². The summed E-state index contributed by atoms with van der Waals surface area (Å²) in [6.45, 7) is 3.99. The van der Waals surface area contributed by atoms with Gasteiger partial charge in [-0.25, -0.2) is 9.50 Å². The molecule has 0 radical (unpaired) electrons. The highest BCUT2D eigenvalue weighted by Crippen LogP contribution is 2.23. The molecule has 0 saturated heterocycles. The third kappa shape index (κ3) is 4.07. The summed E-state index contributed by atoms with van der Waals surface area (Å²) in [4.78, 5) is 17.1. The Bertz CT molecular complexity index is 1190. The fourth-order valence-electron chi connectivity index (χ4n) is 3.36. The minimum Gasteiger partial charge on any atom is -0.348 e. The number of aromatic nitrogens is 5. The van der Waals surface area contributed by atoms with Crippen LogP contribution in [-0.2, 0) is 13.5 Å². The van der Waals surface area contributed by atoms with Gasteiger partial charge in [0.1, 0.15) is 0 Å². The maximum atomic E-state index is 12.8. The van der Waals surface area contributed by atoms with Crippen LogP contribution in [-0.4, -0.2) is 36.3 Å². The first-order chi connectivity index (χ1) is 14.4. The van der Waals surface area contributed by atoms with E-state index in [0.717, 1.165) is 34.8 Å². The number of rotatable bonds is 6. The van der Waals surface area contributed by atoms with Crippen molar-refractivity contribution in [2.75, 3.05) is 0 Å². The molecule has 0 unspecified atom stereocenters. The van der Waals surface area contributed by atoms with Gasteiger partial charge in [-0.15, -0.1) is 0 Å². The average molecular weight is 423 g/mol. The van der Waals surface area contributed by atoms with Gasteiger partial charge in [0.25, 0.3) is 5.91 Å². The SMILES string of the molecule is Cc1c(-c2ccnc3cc(C(=O)N[C@H](C)CCc4ccc(Cl)cc4)nn23)cnn1C. The Kier molecular flexibility index (Phi) is 5.55. The summed E-state index contributed by atoms with van der Waals surface area (Å²) in [7, 11) is 1.89. The molecule has 1 atom stereocenters. The molecule has 4 rings (SSSR count). The highest BCUT2D eigenvalue weighted by atomic mass is 35.5. The second kappa shape index (κ2) is 8.28. The first-order valence-electron chi connectivity index (χ1n) is 9.81. The number of amides is 1. The molecule has 0 aliphatic heterocycles. The molecule has 0 aliphatic carbocycles. The molecule has 3 heterocycles. The summed E-state index contributed by atoms with van der Waals surface area (Å²) in [5, 5.41) is 12.6. The van der Waals surface area contributed by atoms with E-state index in [4.69, 9.17) is 11.6 Å². The Morgan fingerprint density at radius 1 is 1.23 bits per heavy atom. The van der Waals surface area contributed by atoms with Crippen LogP contribution < -0.4 is 5.32 Å². The van der Waals surface area contributed by atoms with E-state index >= 15 is 0 Å². The predicted molar refractivity (Wildman–Crippen MR) is 117 cm³/mol. The maximum Gasteiger partial charge on any atom is 0.272 e. The summed E-state index contributed by atoms with van der Waals surface area (Å²) in [5.41, 5.74) is 4.97. The first kappa shape index (κ1) is 20.1. The molecule has 1 amide bonds. The number of carbonyl (C=O) groups excluding carboxylic acids is 1. The lowest BCUT2D eigenvalue weighted by Crippen LogP contribution is -2.33. The maximum absolute atomic E-state index is 12.8. The van der Waals surface area contributed by atoms with Crippen molar-refractivity contribution in [1.82, 2.24) is 29.7 Å². The van der Waals surface area contributed by atoms with Crippen LogP contribution in [0.2, 0.25) is 5.02 Å². The van der Waals surface area contributed by atoms with Crippen molar-refractivity contribution >= 4 is 23.2 Å². The van der Waals surface area contributed by atoms with Crippen LogP contribution in [0.25, 0.3) is 16.9 Å². The fraction of sp³-hybridized carbons (Fsp3) is 0.273. The molecule has 0 saturated carbocycles. The number of halogens is 1. The molecule has 154 valence electrons. The summed E-state index contributed by atoms with van der Waals surface area (Å²) in [6, 6.07) is 11.4. The number of aryl methyl sites for hydroxylation is 2. The van der Waals surface area contributed by atoms with Crippen LogP contribution in [0.4, 0.5) is 0 Å². The number of nitrogens with one attached hydrogen (secondary N) is 1. The predicted octanol–water partition coefficient (Wildman–Crippen LogP) is 3.84. The van der Waals surface area contributed by atoms with Crippen molar-refractivity contribution in [1.29, 1.82) is 0 Å². The van der Waals surface area contributed by atoms with Crippen LogP contribution in [0, 0.1) is 6.92 Å². The van der Waals surface area contributed by atoms with Crippen LogP contribution in [0.5, 0.6) is 0 Å². The van der Waals surface area contributed by atoms with E-state index < -0.39 is 0 Å². The molecule has 4 aromatic rings. The van der Waals surface area contributed by atoms with Crippen LogP contribution >= 0.6 is 11.6 Å². The largest absolute Gasteiger partial charge is 0.348 e. The zero-order valence-corrected chi connectivity index (χ0v) is 17.9. The number of fused-ring (bicyclic) bond motifs is 1. The van der Waals surface area contributed by atoms with Gasteiger partial charge >= 0.3 is 0 Å². The minimum atomic E-state index is -0.210. The molecule has 0 aliphatic rings. The Labute approximate surface area is 179 Å². The van der Waals surface area contributed by atoms with Crippen molar-refractivity contribution in [2.45, 2.75) is 32.7 Å². The van der Waals surface area contributed by atoms with Crippen molar-refractivity contribution < 1.29 is 4.79 Å². The number of hydrogen-bond acceptors (Lipinski definition) is 4. The highest BCUT2D eigenvalue weighted by molar-refractivity contribution is 6.30. The molecule has 0 fully saturated rings. The Morgan fingerprint density at radius 2 is 2.00 bits per heavy atom. The summed E-state index contributed by atoms with van der Waals surface area (Å²) in [5.74, 6) is -0.210. The minimum absolute atomic E-state index is 0.00554. The quantitative estimate of drug-likeness (QED) is 0.512. The third-order valence-corrected chi connectivity index (χ3v) is 5.51. The Morgan fingerprint density at radius 3 is 2.70 bits per heavy atom. The number of hydrogen-bond donors (Lipinski definition) is 1. The van der Waals surface area contributed by atoms with Crippen LogP contribution in [0.1, 0.15) is 35.1 Å². The standard InChI is InChI=1S/C22H23ClN6O/c1-14(4-5-16-6-8-17(23)9-7-16)26-22(30)19-12-21-24-11-10-20(29(21)27-19)18-13-25-28(3)15(18)2/h6-14H,4-5H2,1-3H3,(H,26,30)/t14-/m1/s1. The van der Waals surface area contributed by atoms with Gasteiger partial charge in [0.2, 0.25) is 0 Å². The summed E-state index contributed by atoms with van der Waals surface area (Å²) in [6.07, 6.45) is 5.19. The second-order valence-corrected chi connectivity index (χ2v) is 7.87. The lowest BCUT2D eigenvalue weighted by molar-refractivity contribution is 0.0933. The molecular weight excluding hydrogens is 400 g/mol. The molecule has 1 aromatic carbocycles. The molecule has 3 aromatic heterocycles. The van der Waals surface area contributed by atoms with Crippen molar-refractivity contribution in [3.05, 3.63) is 70.8 Å². The van der Waals surface area contributed by atoms with Crippen molar-refractivity contribution in [2.24, 2.45) is 7.05 Å². The fourth-order valence-corrected chi connectivity index (χ4v) is 3.49. The Balaban J connectivity index is 1.49. The molecule has 0 bridgehead atoms. The molecule has 0 spiro atoms. The third-order valence-electron chi connectivity index (χ3n) is 5.26. The monoisotopic (exact) mass is 422 g/mol. The van der Waals surface area contributed by atoms with E-state index in [1.165, 1.54) is 5.56 Å². The molecule has 8 heteroatoms. The van der Waals surface area contributed by atoms with E-state index in [9.17, 15) is 4.79 Å². The van der Waals surface area contributed by atoms with E-state index in [0.29, 0.717) is 11.3 Å². The van der Waals surface area contributed by atoms with Gasteiger partial charge in [0, 0.05) is 41.6 Å². The normalized spacial score (nSPS) is 12.3. The van der Waals surface area contributed by atoms with Gasteiger partial charge in [0.15, 0.2) is 11.3 Å². The van der Waals surface area contributed by atoms with Gasteiger partial charge in [-0.05, 0) is 50.5 Å². The zero-order chi connectivity index (χ0) is 21.3. The lowest BCUT2D eigenvalue weighted by atomic mass is 10.1. The highest BCUT2D eigenvalue weighted by Gasteiger charge is 2.17. The van der Waals surface area contributed by atoms with Gasteiger partial charge in [-0.1, -0.05) is 23.7 Å².